The van der Waals surface area contributed by atoms with Crippen molar-refractivity contribution in [1.29, 1.82) is 0 Å². The smallest absolute Gasteiger partial charge is 0.251 e. The Morgan fingerprint density at radius 3 is 2.42 bits per heavy atom. The number of amides is 2. The Bertz CT molecular complexity index is 833. The van der Waals surface area contributed by atoms with Crippen LogP contribution in [0.25, 0.3) is 0 Å². The minimum atomic E-state index is -0.397. The topological polar surface area (TPSA) is 66.5 Å². The fourth-order valence-corrected chi connectivity index (χ4v) is 5.25. The van der Waals surface area contributed by atoms with Gasteiger partial charge in [0.2, 0.25) is 5.91 Å². The number of nitrogens with zero attached hydrogens (tertiary/aromatic N) is 1. The number of hydrogen-bond acceptors (Lipinski definition) is 3. The zero-order valence-corrected chi connectivity index (χ0v) is 20.4. The third-order valence-corrected chi connectivity index (χ3v) is 7.31. The Morgan fingerprint density at radius 1 is 1.09 bits per heavy atom. The summed E-state index contributed by atoms with van der Waals surface area (Å²) in [7, 11) is 0. The number of ketones is 1. The van der Waals surface area contributed by atoms with Gasteiger partial charge < -0.3 is 10.2 Å². The van der Waals surface area contributed by atoms with Crippen molar-refractivity contribution in [3.05, 3.63) is 48.0 Å². The van der Waals surface area contributed by atoms with E-state index >= 15 is 0 Å². The summed E-state index contributed by atoms with van der Waals surface area (Å²) in [6, 6.07) is 7.43. The van der Waals surface area contributed by atoms with Crippen LogP contribution in [0.1, 0.15) is 93.5 Å². The largest absolute Gasteiger partial charge is 0.343 e. The van der Waals surface area contributed by atoms with Crippen molar-refractivity contribution >= 4 is 17.6 Å². The van der Waals surface area contributed by atoms with Crippen LogP contribution in [-0.2, 0) is 9.59 Å². The second-order valence-corrected chi connectivity index (χ2v) is 10.0. The summed E-state index contributed by atoms with van der Waals surface area (Å²) in [5, 5.41) is 3.11. The van der Waals surface area contributed by atoms with Crippen LogP contribution in [0.15, 0.2) is 36.9 Å². The first-order valence-corrected chi connectivity index (χ1v) is 12.7. The van der Waals surface area contributed by atoms with Crippen molar-refractivity contribution in [3.63, 3.8) is 0 Å². The minimum absolute atomic E-state index is 0.0945. The molecular weight excluding hydrogens is 412 g/mol. The van der Waals surface area contributed by atoms with Crippen molar-refractivity contribution in [3.8, 4) is 0 Å². The molecule has 0 aromatic heterocycles. The maximum Gasteiger partial charge on any atom is 0.251 e. The summed E-state index contributed by atoms with van der Waals surface area (Å²) >= 11 is 0. The molecule has 1 atom stereocenters. The predicted molar refractivity (Wildman–Crippen MR) is 132 cm³/mol. The number of hydrogen-bond donors (Lipinski definition) is 1. The summed E-state index contributed by atoms with van der Waals surface area (Å²) in [5.74, 6) is 0.669. The zero-order valence-electron chi connectivity index (χ0n) is 20.4. The van der Waals surface area contributed by atoms with E-state index in [1.54, 1.807) is 6.08 Å². The van der Waals surface area contributed by atoms with Crippen LogP contribution in [-0.4, -0.2) is 41.6 Å². The lowest BCUT2D eigenvalue weighted by Crippen LogP contribution is -2.48. The van der Waals surface area contributed by atoms with Crippen LogP contribution in [0, 0.1) is 11.8 Å². The second kappa shape index (κ2) is 12.2. The van der Waals surface area contributed by atoms with Gasteiger partial charge in [-0.05, 0) is 61.6 Å². The SMILES string of the molecule is C=CCCC(=O)N1CCC(c2cccc(C(=O)NC(C(=O)C(C)C)C3CCCCC3)c2)CC1. The molecule has 180 valence electrons. The van der Waals surface area contributed by atoms with E-state index in [4.69, 9.17) is 0 Å². The first-order valence-electron chi connectivity index (χ1n) is 12.7. The molecule has 0 bridgehead atoms. The maximum atomic E-state index is 13.2. The van der Waals surface area contributed by atoms with Gasteiger partial charge in [-0.25, -0.2) is 0 Å². The van der Waals surface area contributed by atoms with E-state index in [1.807, 2.05) is 36.9 Å². The van der Waals surface area contributed by atoms with Crippen LogP contribution in [0.3, 0.4) is 0 Å². The summed E-state index contributed by atoms with van der Waals surface area (Å²) in [5.41, 5.74) is 1.76. The number of carbonyl (C=O) groups excluding carboxylic acids is 3. The lowest BCUT2D eigenvalue weighted by Gasteiger charge is -2.32. The van der Waals surface area contributed by atoms with Gasteiger partial charge in [0.15, 0.2) is 5.78 Å². The van der Waals surface area contributed by atoms with Crippen LogP contribution < -0.4 is 5.32 Å². The molecule has 1 N–H and O–H groups in total. The van der Waals surface area contributed by atoms with E-state index in [1.165, 1.54) is 6.42 Å². The highest BCUT2D eigenvalue weighted by Crippen LogP contribution is 2.30. The van der Waals surface area contributed by atoms with Gasteiger partial charge in [-0.15, -0.1) is 6.58 Å². The summed E-state index contributed by atoms with van der Waals surface area (Å²) < 4.78 is 0. The molecule has 0 radical (unpaired) electrons. The molecule has 1 aliphatic carbocycles. The number of allylic oxidation sites excluding steroid dienone is 1. The summed E-state index contributed by atoms with van der Waals surface area (Å²) in [6.07, 6.45) is 10.3. The van der Waals surface area contributed by atoms with Crippen LogP contribution in [0.5, 0.6) is 0 Å². The molecule has 1 aliphatic heterocycles. The van der Waals surface area contributed by atoms with Gasteiger partial charge in [-0.3, -0.25) is 14.4 Å². The molecule has 2 fully saturated rings. The Morgan fingerprint density at radius 2 is 1.79 bits per heavy atom. The van der Waals surface area contributed by atoms with E-state index < -0.39 is 6.04 Å². The van der Waals surface area contributed by atoms with E-state index in [0.717, 1.165) is 63.6 Å². The monoisotopic (exact) mass is 452 g/mol. The van der Waals surface area contributed by atoms with E-state index in [0.29, 0.717) is 17.9 Å². The fourth-order valence-electron chi connectivity index (χ4n) is 5.25. The number of nitrogens with one attached hydrogen (secondary N) is 1. The standard InChI is InChI=1S/C28H40N2O3/c1-4-5-14-25(31)30-17-15-21(16-18-30)23-12-9-13-24(19-23)28(33)29-26(27(32)20(2)3)22-10-7-6-8-11-22/h4,9,12-13,19-22,26H,1,5-8,10-11,14-18H2,2-3H3,(H,29,33). The first-order chi connectivity index (χ1) is 15.9. The summed E-state index contributed by atoms with van der Waals surface area (Å²) in [6.45, 7) is 9.03. The van der Waals surface area contributed by atoms with Crippen molar-refractivity contribution in [2.45, 2.75) is 83.6 Å². The van der Waals surface area contributed by atoms with Gasteiger partial charge in [0.1, 0.15) is 0 Å². The van der Waals surface area contributed by atoms with Crippen LogP contribution >= 0.6 is 0 Å². The molecule has 1 unspecified atom stereocenters. The number of likely N-dealkylation sites (tertiary alicyclic amines) is 1. The minimum Gasteiger partial charge on any atom is -0.343 e. The van der Waals surface area contributed by atoms with Crippen LogP contribution in [0.4, 0.5) is 0 Å². The number of benzene rings is 1. The molecule has 5 heteroatoms. The fraction of sp³-hybridized carbons (Fsp3) is 0.607. The van der Waals surface area contributed by atoms with Crippen molar-refractivity contribution in [1.82, 2.24) is 10.2 Å². The number of rotatable bonds is 9. The van der Waals surface area contributed by atoms with E-state index in [2.05, 4.69) is 18.0 Å². The van der Waals surface area contributed by atoms with Crippen molar-refractivity contribution in [2.75, 3.05) is 13.1 Å². The molecule has 5 nitrogen and oxygen atoms in total. The molecule has 1 aromatic carbocycles. The van der Waals surface area contributed by atoms with E-state index in [-0.39, 0.29) is 29.4 Å². The number of carbonyl (C=O) groups is 3. The van der Waals surface area contributed by atoms with Gasteiger partial charge in [0.25, 0.3) is 5.91 Å². The third kappa shape index (κ3) is 6.78. The molecule has 1 saturated heterocycles. The molecule has 1 saturated carbocycles. The Balaban J connectivity index is 1.64. The highest BCUT2D eigenvalue weighted by atomic mass is 16.2. The van der Waals surface area contributed by atoms with Crippen molar-refractivity contribution in [2.24, 2.45) is 11.8 Å². The average Bonchev–Trinajstić information content (AvgIpc) is 2.86. The highest BCUT2D eigenvalue weighted by molar-refractivity contribution is 5.98. The second-order valence-electron chi connectivity index (χ2n) is 10.0. The molecule has 1 aromatic rings. The Labute approximate surface area is 199 Å². The lowest BCUT2D eigenvalue weighted by atomic mass is 9.80. The average molecular weight is 453 g/mol. The molecule has 1 heterocycles. The summed E-state index contributed by atoms with van der Waals surface area (Å²) in [4.78, 5) is 40.3. The van der Waals surface area contributed by atoms with Gasteiger partial charge in [-0.2, -0.15) is 0 Å². The normalized spacial score (nSPS) is 18.7. The number of Topliss-reactive ketones (excluding diaryl/α,β-unsaturated/α-hetero) is 1. The molecule has 33 heavy (non-hydrogen) atoms. The Kier molecular flexibility index (Phi) is 9.28. The molecule has 2 aliphatic rings. The highest BCUT2D eigenvalue weighted by Gasteiger charge is 2.32. The third-order valence-electron chi connectivity index (χ3n) is 7.31. The van der Waals surface area contributed by atoms with Gasteiger partial charge >= 0.3 is 0 Å². The van der Waals surface area contributed by atoms with Crippen molar-refractivity contribution < 1.29 is 14.4 Å². The van der Waals surface area contributed by atoms with Gasteiger partial charge in [0, 0.05) is 31.0 Å². The molecule has 0 spiro atoms. The van der Waals surface area contributed by atoms with Gasteiger partial charge in [0.05, 0.1) is 6.04 Å². The maximum absolute atomic E-state index is 13.2. The Hall–Kier alpha value is -2.43. The van der Waals surface area contributed by atoms with Gasteiger partial charge in [-0.1, -0.05) is 51.3 Å². The molecular formula is C28H40N2O3. The molecule has 3 rings (SSSR count). The quantitative estimate of drug-likeness (QED) is 0.520. The van der Waals surface area contributed by atoms with Crippen LogP contribution in [0.2, 0.25) is 0 Å². The zero-order chi connectivity index (χ0) is 23.8. The lowest BCUT2D eigenvalue weighted by molar-refractivity contribution is -0.132. The van der Waals surface area contributed by atoms with E-state index in [9.17, 15) is 14.4 Å². The number of piperidine rings is 1. The predicted octanol–water partition coefficient (Wildman–Crippen LogP) is 5.26. The molecule has 2 amide bonds. The first kappa shape index (κ1) is 25.2.